The molecule has 106 valence electrons. The van der Waals surface area contributed by atoms with Crippen molar-refractivity contribution < 1.29 is 9.21 Å². The smallest absolute Gasteiger partial charge is 0.268 e. The highest BCUT2D eigenvalue weighted by Gasteiger charge is 2.14. The Morgan fingerprint density at radius 1 is 1.40 bits per heavy atom. The molecule has 0 saturated carbocycles. The molecule has 1 amide bonds. The number of hydrazine groups is 1. The number of hydrogen-bond donors (Lipinski definition) is 2. The standard InChI is InChI=1S/C14H18N4O2/c1-18(8-4-11-2-6-16-7-3-11)10-13-12(5-9-20-13)14(19)17-15/h2-3,5-7,9H,4,8,10,15H2,1H3,(H,17,19). The molecular weight excluding hydrogens is 256 g/mol. The van der Waals surface area contributed by atoms with E-state index in [1.54, 1.807) is 18.5 Å². The lowest BCUT2D eigenvalue weighted by molar-refractivity contribution is 0.0950. The molecule has 0 saturated heterocycles. The monoisotopic (exact) mass is 274 g/mol. The quantitative estimate of drug-likeness (QED) is 0.465. The van der Waals surface area contributed by atoms with Gasteiger partial charge in [0.25, 0.3) is 5.91 Å². The SMILES string of the molecule is CN(CCc1ccncc1)Cc1occc1C(=O)NN. The van der Waals surface area contributed by atoms with Crippen LogP contribution in [0.3, 0.4) is 0 Å². The number of carbonyl (C=O) groups excluding carboxylic acids is 1. The van der Waals surface area contributed by atoms with Crippen molar-refractivity contribution in [3.05, 3.63) is 53.7 Å². The molecule has 0 bridgehead atoms. The van der Waals surface area contributed by atoms with E-state index in [1.807, 2.05) is 19.2 Å². The Morgan fingerprint density at radius 2 is 2.15 bits per heavy atom. The molecule has 0 spiro atoms. The lowest BCUT2D eigenvalue weighted by atomic mass is 10.2. The zero-order valence-electron chi connectivity index (χ0n) is 11.4. The Balaban J connectivity index is 1.90. The zero-order chi connectivity index (χ0) is 14.4. The molecule has 0 aliphatic heterocycles. The van der Waals surface area contributed by atoms with E-state index in [1.165, 1.54) is 11.8 Å². The molecule has 0 unspecified atom stereocenters. The van der Waals surface area contributed by atoms with Crippen molar-refractivity contribution in [2.24, 2.45) is 5.84 Å². The number of likely N-dealkylation sites (N-methyl/N-ethyl adjacent to an activating group) is 1. The molecule has 3 N–H and O–H groups in total. The van der Waals surface area contributed by atoms with Gasteiger partial charge < -0.3 is 4.42 Å². The topological polar surface area (TPSA) is 84.4 Å². The van der Waals surface area contributed by atoms with Gasteiger partial charge in [-0.05, 0) is 37.2 Å². The third-order valence-electron chi connectivity index (χ3n) is 3.07. The predicted octanol–water partition coefficient (Wildman–Crippen LogP) is 0.953. The van der Waals surface area contributed by atoms with Crippen LogP contribution < -0.4 is 11.3 Å². The van der Waals surface area contributed by atoms with Crippen LogP contribution in [0.25, 0.3) is 0 Å². The molecule has 0 fully saturated rings. The van der Waals surface area contributed by atoms with Crippen LogP contribution in [0.1, 0.15) is 21.7 Å². The van der Waals surface area contributed by atoms with Gasteiger partial charge in [0.1, 0.15) is 5.76 Å². The van der Waals surface area contributed by atoms with Gasteiger partial charge in [0.2, 0.25) is 0 Å². The number of nitrogen functional groups attached to an aromatic ring is 1. The lowest BCUT2D eigenvalue weighted by Gasteiger charge is -2.15. The molecule has 0 aromatic carbocycles. The van der Waals surface area contributed by atoms with Crippen LogP contribution in [0.2, 0.25) is 0 Å². The van der Waals surface area contributed by atoms with Crippen molar-refractivity contribution in [3.63, 3.8) is 0 Å². The molecular formula is C14H18N4O2. The maximum atomic E-state index is 11.5. The predicted molar refractivity (Wildman–Crippen MR) is 74.6 cm³/mol. The number of pyridine rings is 1. The summed E-state index contributed by atoms with van der Waals surface area (Å²) in [5.41, 5.74) is 3.82. The normalized spacial score (nSPS) is 10.8. The molecule has 6 heteroatoms. The summed E-state index contributed by atoms with van der Waals surface area (Å²) >= 11 is 0. The van der Waals surface area contributed by atoms with Gasteiger partial charge in [-0.2, -0.15) is 0 Å². The molecule has 6 nitrogen and oxygen atoms in total. The number of nitrogens with zero attached hydrogens (tertiary/aromatic N) is 2. The fourth-order valence-corrected chi connectivity index (χ4v) is 1.94. The van der Waals surface area contributed by atoms with Crippen molar-refractivity contribution >= 4 is 5.91 Å². The number of hydrogen-bond acceptors (Lipinski definition) is 5. The van der Waals surface area contributed by atoms with Crippen LogP contribution in [0.4, 0.5) is 0 Å². The lowest BCUT2D eigenvalue weighted by Crippen LogP contribution is -2.31. The van der Waals surface area contributed by atoms with Gasteiger partial charge in [-0.15, -0.1) is 0 Å². The van der Waals surface area contributed by atoms with Gasteiger partial charge in [0, 0.05) is 18.9 Å². The summed E-state index contributed by atoms with van der Waals surface area (Å²) in [4.78, 5) is 17.6. The number of aromatic nitrogens is 1. The van der Waals surface area contributed by atoms with Crippen molar-refractivity contribution in [1.29, 1.82) is 0 Å². The summed E-state index contributed by atoms with van der Waals surface area (Å²) in [7, 11) is 1.98. The molecule has 2 aromatic rings. The molecule has 2 heterocycles. The maximum absolute atomic E-state index is 11.5. The Labute approximate surface area is 117 Å². The minimum Gasteiger partial charge on any atom is -0.467 e. The summed E-state index contributed by atoms with van der Waals surface area (Å²) in [5, 5.41) is 0. The third-order valence-corrected chi connectivity index (χ3v) is 3.07. The van der Waals surface area contributed by atoms with Crippen LogP contribution in [0, 0.1) is 0 Å². The van der Waals surface area contributed by atoms with E-state index >= 15 is 0 Å². The number of nitrogens with two attached hydrogens (primary N) is 1. The Bertz CT molecular complexity index is 553. The van der Waals surface area contributed by atoms with E-state index in [9.17, 15) is 4.79 Å². The molecule has 2 rings (SSSR count). The minimum absolute atomic E-state index is 0.337. The number of nitrogens with one attached hydrogen (secondary N) is 1. The number of furan rings is 1. The van der Waals surface area contributed by atoms with Gasteiger partial charge in [0.05, 0.1) is 18.4 Å². The molecule has 0 atom stereocenters. The van der Waals surface area contributed by atoms with E-state index in [0.29, 0.717) is 17.9 Å². The zero-order valence-corrected chi connectivity index (χ0v) is 11.4. The maximum Gasteiger partial charge on any atom is 0.268 e. The van der Waals surface area contributed by atoms with Gasteiger partial charge in [-0.3, -0.25) is 20.1 Å². The highest BCUT2D eigenvalue weighted by Crippen LogP contribution is 2.12. The fraction of sp³-hybridized carbons (Fsp3) is 0.286. The fourth-order valence-electron chi connectivity index (χ4n) is 1.94. The molecule has 0 aliphatic carbocycles. The average molecular weight is 274 g/mol. The summed E-state index contributed by atoms with van der Waals surface area (Å²) in [6.45, 7) is 1.41. The van der Waals surface area contributed by atoms with E-state index in [2.05, 4.69) is 15.3 Å². The number of carbonyl (C=O) groups is 1. The molecule has 20 heavy (non-hydrogen) atoms. The first-order valence-corrected chi connectivity index (χ1v) is 6.35. The van der Waals surface area contributed by atoms with E-state index in [0.717, 1.165) is 13.0 Å². The highest BCUT2D eigenvalue weighted by molar-refractivity contribution is 5.94. The van der Waals surface area contributed by atoms with Crippen LogP contribution in [0.5, 0.6) is 0 Å². The van der Waals surface area contributed by atoms with Gasteiger partial charge in [-0.1, -0.05) is 0 Å². The largest absolute Gasteiger partial charge is 0.467 e. The van der Waals surface area contributed by atoms with Gasteiger partial charge >= 0.3 is 0 Å². The number of rotatable bonds is 6. The summed E-state index contributed by atoms with van der Waals surface area (Å²) < 4.78 is 5.34. The Hall–Kier alpha value is -2.18. The molecule has 0 aliphatic rings. The second-order valence-electron chi connectivity index (χ2n) is 4.57. The first kappa shape index (κ1) is 14.2. The summed E-state index contributed by atoms with van der Waals surface area (Å²) in [6.07, 6.45) is 5.98. The minimum atomic E-state index is -0.337. The van der Waals surface area contributed by atoms with Gasteiger partial charge in [0.15, 0.2) is 0 Å². The highest BCUT2D eigenvalue weighted by atomic mass is 16.3. The third kappa shape index (κ3) is 3.66. The number of amides is 1. The van der Waals surface area contributed by atoms with Crippen LogP contribution >= 0.6 is 0 Å². The van der Waals surface area contributed by atoms with Crippen molar-refractivity contribution in [2.75, 3.05) is 13.6 Å². The Morgan fingerprint density at radius 3 is 2.85 bits per heavy atom. The van der Waals surface area contributed by atoms with E-state index in [-0.39, 0.29) is 5.91 Å². The van der Waals surface area contributed by atoms with Crippen molar-refractivity contribution in [3.8, 4) is 0 Å². The average Bonchev–Trinajstić information content (AvgIpc) is 2.93. The summed E-state index contributed by atoms with van der Waals surface area (Å²) in [6, 6.07) is 5.61. The van der Waals surface area contributed by atoms with Crippen LogP contribution in [-0.2, 0) is 13.0 Å². The Kier molecular flexibility index (Phi) is 4.86. The van der Waals surface area contributed by atoms with E-state index in [4.69, 9.17) is 10.3 Å². The van der Waals surface area contributed by atoms with Crippen molar-refractivity contribution in [2.45, 2.75) is 13.0 Å². The van der Waals surface area contributed by atoms with E-state index < -0.39 is 0 Å². The first-order chi connectivity index (χ1) is 9.70. The van der Waals surface area contributed by atoms with Crippen LogP contribution in [0.15, 0.2) is 41.3 Å². The second kappa shape index (κ2) is 6.83. The first-order valence-electron chi connectivity index (χ1n) is 6.35. The second-order valence-corrected chi connectivity index (χ2v) is 4.57. The van der Waals surface area contributed by atoms with Gasteiger partial charge in [-0.25, -0.2) is 5.84 Å². The molecule has 2 aromatic heterocycles. The molecule has 0 radical (unpaired) electrons. The van der Waals surface area contributed by atoms with Crippen LogP contribution in [-0.4, -0.2) is 29.4 Å². The summed E-state index contributed by atoms with van der Waals surface area (Å²) in [5.74, 6) is 5.42. The van der Waals surface area contributed by atoms with Crippen molar-refractivity contribution in [1.82, 2.24) is 15.3 Å².